The van der Waals surface area contributed by atoms with Gasteiger partial charge in [0.1, 0.15) is 0 Å². The first-order chi connectivity index (χ1) is 6.40. The highest BCUT2D eigenvalue weighted by molar-refractivity contribution is 7.08. The van der Waals surface area contributed by atoms with Crippen molar-refractivity contribution < 1.29 is 4.52 Å². The fraction of sp³-hybridized carbons (Fsp3) is 0.250. The highest BCUT2D eigenvalue weighted by Crippen LogP contribution is 2.18. The molecule has 0 saturated heterocycles. The molecule has 2 aromatic heterocycles. The Labute approximate surface area is 84.3 Å². The van der Waals surface area contributed by atoms with E-state index in [9.17, 15) is 0 Å². The third kappa shape index (κ3) is 1.89. The SMILES string of the molecule is ClCCc1nc(-c2ccsc2)no1. The van der Waals surface area contributed by atoms with E-state index in [1.54, 1.807) is 11.3 Å². The summed E-state index contributed by atoms with van der Waals surface area (Å²) >= 11 is 7.15. The van der Waals surface area contributed by atoms with Gasteiger partial charge in [0.15, 0.2) is 0 Å². The highest BCUT2D eigenvalue weighted by atomic mass is 35.5. The van der Waals surface area contributed by atoms with E-state index >= 15 is 0 Å². The third-order valence-electron chi connectivity index (χ3n) is 1.56. The lowest BCUT2D eigenvalue weighted by Crippen LogP contribution is -1.85. The molecule has 0 radical (unpaired) electrons. The Bertz CT molecular complexity index is 371. The number of rotatable bonds is 3. The van der Waals surface area contributed by atoms with E-state index < -0.39 is 0 Å². The number of aryl methyl sites for hydroxylation is 1. The van der Waals surface area contributed by atoms with Crippen LogP contribution in [0.5, 0.6) is 0 Å². The topological polar surface area (TPSA) is 38.9 Å². The van der Waals surface area contributed by atoms with E-state index in [-0.39, 0.29) is 0 Å². The molecule has 68 valence electrons. The van der Waals surface area contributed by atoms with Gasteiger partial charge < -0.3 is 4.52 Å². The first-order valence-electron chi connectivity index (χ1n) is 3.81. The number of alkyl halides is 1. The molecular formula is C8H7ClN2OS. The predicted octanol–water partition coefficient (Wildman–Crippen LogP) is 2.58. The summed E-state index contributed by atoms with van der Waals surface area (Å²) in [4.78, 5) is 4.19. The maximum Gasteiger partial charge on any atom is 0.228 e. The van der Waals surface area contributed by atoms with Crippen molar-refractivity contribution in [3.63, 3.8) is 0 Å². The summed E-state index contributed by atoms with van der Waals surface area (Å²) in [6.07, 6.45) is 0.624. The zero-order chi connectivity index (χ0) is 9.10. The molecule has 2 rings (SSSR count). The van der Waals surface area contributed by atoms with E-state index in [1.165, 1.54) is 0 Å². The molecule has 3 nitrogen and oxygen atoms in total. The first kappa shape index (κ1) is 8.72. The minimum absolute atomic E-state index is 0.505. The summed E-state index contributed by atoms with van der Waals surface area (Å²) in [5, 5.41) is 7.80. The number of hydrogen-bond acceptors (Lipinski definition) is 4. The van der Waals surface area contributed by atoms with Crippen LogP contribution in [0.25, 0.3) is 11.4 Å². The smallest absolute Gasteiger partial charge is 0.228 e. The molecule has 0 aliphatic rings. The maximum absolute atomic E-state index is 5.54. The van der Waals surface area contributed by atoms with Crippen molar-refractivity contribution in [1.82, 2.24) is 10.1 Å². The average molecular weight is 215 g/mol. The van der Waals surface area contributed by atoms with Crippen molar-refractivity contribution in [2.24, 2.45) is 0 Å². The molecule has 0 saturated carbocycles. The average Bonchev–Trinajstić information content (AvgIpc) is 2.70. The number of thiophene rings is 1. The lowest BCUT2D eigenvalue weighted by Gasteiger charge is -1.83. The first-order valence-corrected chi connectivity index (χ1v) is 5.29. The van der Waals surface area contributed by atoms with Crippen LogP contribution in [0.3, 0.4) is 0 Å². The molecule has 0 bridgehead atoms. The van der Waals surface area contributed by atoms with Crippen LogP contribution in [0.1, 0.15) is 5.89 Å². The Morgan fingerprint density at radius 1 is 1.54 bits per heavy atom. The summed E-state index contributed by atoms with van der Waals surface area (Å²) in [5.74, 6) is 1.74. The standard InChI is InChI=1S/C8H7ClN2OS/c9-3-1-7-10-8(11-12-7)6-2-4-13-5-6/h2,4-5H,1,3H2. The second-order valence-corrected chi connectivity index (χ2v) is 3.62. The summed E-state index contributed by atoms with van der Waals surface area (Å²) < 4.78 is 4.99. The van der Waals surface area contributed by atoms with Gasteiger partial charge in [0.05, 0.1) is 0 Å². The van der Waals surface area contributed by atoms with Crippen molar-refractivity contribution in [2.75, 3.05) is 5.88 Å². The molecule has 0 atom stereocenters. The van der Waals surface area contributed by atoms with Crippen molar-refractivity contribution in [2.45, 2.75) is 6.42 Å². The van der Waals surface area contributed by atoms with Crippen molar-refractivity contribution >= 4 is 22.9 Å². The quantitative estimate of drug-likeness (QED) is 0.738. The van der Waals surface area contributed by atoms with Crippen LogP contribution in [-0.4, -0.2) is 16.0 Å². The number of halogens is 1. The Morgan fingerprint density at radius 3 is 3.15 bits per heavy atom. The Kier molecular flexibility index (Phi) is 2.61. The molecule has 0 unspecified atom stereocenters. The van der Waals surface area contributed by atoms with E-state index in [2.05, 4.69) is 10.1 Å². The minimum Gasteiger partial charge on any atom is -0.339 e. The largest absolute Gasteiger partial charge is 0.339 e. The van der Waals surface area contributed by atoms with E-state index in [0.717, 1.165) is 5.56 Å². The van der Waals surface area contributed by atoms with Crippen LogP contribution in [0, 0.1) is 0 Å². The number of hydrogen-bond donors (Lipinski definition) is 0. The molecule has 0 amide bonds. The van der Waals surface area contributed by atoms with Gasteiger partial charge >= 0.3 is 0 Å². The molecule has 5 heteroatoms. The van der Waals surface area contributed by atoms with Gasteiger partial charge in [-0.15, -0.1) is 11.6 Å². The molecule has 0 fully saturated rings. The summed E-state index contributed by atoms with van der Waals surface area (Å²) in [7, 11) is 0. The number of nitrogens with zero attached hydrogens (tertiary/aromatic N) is 2. The van der Waals surface area contributed by atoms with Crippen LogP contribution in [-0.2, 0) is 6.42 Å². The Hall–Kier alpha value is -0.870. The summed E-state index contributed by atoms with van der Waals surface area (Å²) in [6.45, 7) is 0. The van der Waals surface area contributed by atoms with Gasteiger partial charge in [0, 0.05) is 23.2 Å². The van der Waals surface area contributed by atoms with Gasteiger partial charge in [-0.3, -0.25) is 0 Å². The normalized spacial score (nSPS) is 10.5. The molecule has 0 spiro atoms. The van der Waals surface area contributed by atoms with Crippen LogP contribution < -0.4 is 0 Å². The maximum atomic E-state index is 5.54. The summed E-state index contributed by atoms with van der Waals surface area (Å²) in [5.41, 5.74) is 0.995. The molecule has 0 aliphatic carbocycles. The second kappa shape index (κ2) is 3.89. The lowest BCUT2D eigenvalue weighted by molar-refractivity contribution is 0.383. The fourth-order valence-corrected chi connectivity index (χ4v) is 1.74. The predicted molar refractivity (Wildman–Crippen MR) is 52.0 cm³/mol. The van der Waals surface area contributed by atoms with Crippen LogP contribution in [0.2, 0.25) is 0 Å². The van der Waals surface area contributed by atoms with Gasteiger partial charge in [-0.05, 0) is 11.4 Å². The van der Waals surface area contributed by atoms with Gasteiger partial charge in [-0.25, -0.2) is 0 Å². The monoisotopic (exact) mass is 214 g/mol. The van der Waals surface area contributed by atoms with Crippen molar-refractivity contribution in [3.05, 3.63) is 22.7 Å². The minimum atomic E-state index is 0.505. The molecule has 2 aromatic rings. The highest BCUT2D eigenvalue weighted by Gasteiger charge is 2.07. The molecule has 0 aliphatic heterocycles. The van der Waals surface area contributed by atoms with Gasteiger partial charge in [-0.2, -0.15) is 16.3 Å². The molecular weight excluding hydrogens is 208 g/mol. The van der Waals surface area contributed by atoms with Crippen molar-refractivity contribution in [1.29, 1.82) is 0 Å². The van der Waals surface area contributed by atoms with Crippen molar-refractivity contribution in [3.8, 4) is 11.4 Å². The second-order valence-electron chi connectivity index (χ2n) is 2.46. The van der Waals surface area contributed by atoms with Gasteiger partial charge in [0.2, 0.25) is 11.7 Å². The van der Waals surface area contributed by atoms with Crippen LogP contribution in [0.4, 0.5) is 0 Å². The Morgan fingerprint density at radius 2 is 2.46 bits per heavy atom. The Balaban J connectivity index is 2.23. The molecule has 0 aromatic carbocycles. The molecule has 13 heavy (non-hydrogen) atoms. The van der Waals surface area contributed by atoms with Gasteiger partial charge in [0.25, 0.3) is 0 Å². The summed E-state index contributed by atoms with van der Waals surface area (Å²) in [6, 6.07) is 1.96. The zero-order valence-electron chi connectivity index (χ0n) is 6.74. The van der Waals surface area contributed by atoms with Gasteiger partial charge in [-0.1, -0.05) is 5.16 Å². The number of aromatic nitrogens is 2. The molecule has 2 heterocycles. The zero-order valence-corrected chi connectivity index (χ0v) is 8.31. The lowest BCUT2D eigenvalue weighted by atomic mass is 10.3. The van der Waals surface area contributed by atoms with Crippen LogP contribution in [0.15, 0.2) is 21.3 Å². The van der Waals surface area contributed by atoms with E-state index in [1.807, 2.05) is 16.8 Å². The fourth-order valence-electron chi connectivity index (χ4n) is 0.946. The third-order valence-corrected chi connectivity index (χ3v) is 2.43. The molecule has 0 N–H and O–H groups in total. The van der Waals surface area contributed by atoms with E-state index in [4.69, 9.17) is 16.1 Å². The van der Waals surface area contributed by atoms with Crippen LogP contribution >= 0.6 is 22.9 Å². The van der Waals surface area contributed by atoms with E-state index in [0.29, 0.717) is 24.0 Å².